The summed E-state index contributed by atoms with van der Waals surface area (Å²) in [6.45, 7) is 5.88. The van der Waals surface area contributed by atoms with E-state index in [-0.39, 0.29) is 5.82 Å². The highest BCUT2D eigenvalue weighted by Crippen LogP contribution is 2.09. The number of hydrogen-bond acceptors (Lipinski definition) is 4. The van der Waals surface area contributed by atoms with Crippen LogP contribution in [0.2, 0.25) is 0 Å². The van der Waals surface area contributed by atoms with Crippen LogP contribution in [-0.2, 0) is 0 Å². The Kier molecular flexibility index (Phi) is 5.12. The summed E-state index contributed by atoms with van der Waals surface area (Å²) in [6.07, 6.45) is 3.45. The largest absolute Gasteiger partial charge is 0.363 e. The molecule has 1 aromatic heterocycles. The molecule has 0 fully saturated rings. The number of nitrogens with one attached hydrogen (secondary N) is 1. The molecule has 0 spiro atoms. The molecule has 0 bridgehead atoms. The standard InChI is InChI=1S/C10H18N6O/c1-3-5-16(6-4-2)15-14-8-7-12-10(13-8)9(11)17/h7H,3-6H2,1-2H3,(H2,11,17)(H,12,13). The van der Waals surface area contributed by atoms with Crippen molar-refractivity contribution in [1.29, 1.82) is 0 Å². The number of amides is 1. The highest BCUT2D eigenvalue weighted by atomic mass is 16.1. The van der Waals surface area contributed by atoms with Gasteiger partial charge in [0.1, 0.15) is 0 Å². The normalized spacial score (nSPS) is 10.9. The van der Waals surface area contributed by atoms with E-state index < -0.39 is 5.91 Å². The van der Waals surface area contributed by atoms with E-state index in [2.05, 4.69) is 34.2 Å². The summed E-state index contributed by atoms with van der Waals surface area (Å²) in [7, 11) is 0. The molecule has 1 heterocycles. The van der Waals surface area contributed by atoms with Crippen molar-refractivity contribution in [3.8, 4) is 0 Å². The molecule has 1 aromatic rings. The predicted molar refractivity (Wildman–Crippen MR) is 63.8 cm³/mol. The number of aromatic nitrogens is 2. The molecule has 0 aliphatic rings. The fourth-order valence-corrected chi connectivity index (χ4v) is 1.32. The average molecular weight is 238 g/mol. The van der Waals surface area contributed by atoms with E-state index >= 15 is 0 Å². The molecule has 7 nitrogen and oxygen atoms in total. The van der Waals surface area contributed by atoms with E-state index in [1.165, 1.54) is 6.20 Å². The van der Waals surface area contributed by atoms with Crippen molar-refractivity contribution in [2.45, 2.75) is 26.7 Å². The zero-order valence-corrected chi connectivity index (χ0v) is 10.2. The maximum absolute atomic E-state index is 10.8. The van der Waals surface area contributed by atoms with E-state index in [0.717, 1.165) is 25.9 Å². The van der Waals surface area contributed by atoms with Crippen molar-refractivity contribution in [3.63, 3.8) is 0 Å². The van der Waals surface area contributed by atoms with Crippen LogP contribution in [0.3, 0.4) is 0 Å². The number of nitrogens with two attached hydrogens (primary N) is 1. The van der Waals surface area contributed by atoms with Gasteiger partial charge in [0.05, 0.1) is 6.20 Å². The third-order valence-corrected chi connectivity index (χ3v) is 2.04. The average Bonchev–Trinajstić information content (AvgIpc) is 2.75. The number of rotatable bonds is 7. The van der Waals surface area contributed by atoms with Crippen molar-refractivity contribution >= 4 is 11.7 Å². The molecular weight excluding hydrogens is 220 g/mol. The van der Waals surface area contributed by atoms with Crippen molar-refractivity contribution in [2.24, 2.45) is 16.1 Å². The topological polar surface area (TPSA) is 99.7 Å². The molecule has 0 aliphatic heterocycles. The Bertz CT molecular complexity index is 380. The van der Waals surface area contributed by atoms with Gasteiger partial charge < -0.3 is 10.7 Å². The zero-order valence-electron chi connectivity index (χ0n) is 10.2. The molecule has 94 valence electrons. The van der Waals surface area contributed by atoms with Gasteiger partial charge in [-0.3, -0.25) is 9.80 Å². The van der Waals surface area contributed by atoms with Crippen LogP contribution in [0, 0.1) is 0 Å². The van der Waals surface area contributed by atoms with Gasteiger partial charge in [-0.15, -0.1) is 5.11 Å². The minimum atomic E-state index is -0.606. The van der Waals surface area contributed by atoms with Crippen LogP contribution < -0.4 is 5.73 Å². The summed E-state index contributed by atoms with van der Waals surface area (Å²) in [5, 5.41) is 9.93. The van der Waals surface area contributed by atoms with Crippen LogP contribution in [0.5, 0.6) is 0 Å². The Morgan fingerprint density at radius 3 is 2.59 bits per heavy atom. The fraction of sp³-hybridized carbons (Fsp3) is 0.600. The summed E-state index contributed by atoms with van der Waals surface area (Å²) in [5.41, 5.74) is 5.06. The first-order valence-corrected chi connectivity index (χ1v) is 5.68. The molecule has 17 heavy (non-hydrogen) atoms. The van der Waals surface area contributed by atoms with Crippen LogP contribution in [0.1, 0.15) is 37.3 Å². The maximum Gasteiger partial charge on any atom is 0.284 e. The van der Waals surface area contributed by atoms with Crippen LogP contribution >= 0.6 is 0 Å². The van der Waals surface area contributed by atoms with Crippen LogP contribution in [0.15, 0.2) is 16.5 Å². The van der Waals surface area contributed by atoms with E-state index in [1.807, 2.05) is 5.01 Å². The molecule has 0 radical (unpaired) electrons. The van der Waals surface area contributed by atoms with E-state index in [1.54, 1.807) is 0 Å². The van der Waals surface area contributed by atoms with Crippen molar-refractivity contribution in [2.75, 3.05) is 13.1 Å². The second-order valence-corrected chi connectivity index (χ2v) is 3.62. The summed E-state index contributed by atoms with van der Waals surface area (Å²) < 4.78 is 0. The molecule has 0 saturated carbocycles. The lowest BCUT2D eigenvalue weighted by atomic mass is 10.4. The van der Waals surface area contributed by atoms with E-state index in [0.29, 0.717) is 5.82 Å². The second kappa shape index (κ2) is 6.62. The molecule has 0 saturated heterocycles. The number of primary amides is 1. The highest BCUT2D eigenvalue weighted by molar-refractivity contribution is 5.89. The number of H-pyrrole nitrogens is 1. The van der Waals surface area contributed by atoms with Crippen molar-refractivity contribution in [3.05, 3.63) is 12.0 Å². The summed E-state index contributed by atoms with van der Waals surface area (Å²) in [6, 6.07) is 0. The lowest BCUT2D eigenvalue weighted by molar-refractivity contribution is 0.0991. The number of carbonyl (C=O) groups excluding carboxylic acids is 1. The van der Waals surface area contributed by atoms with Gasteiger partial charge >= 0.3 is 0 Å². The summed E-state index contributed by atoms with van der Waals surface area (Å²) in [5.74, 6) is -0.0853. The Morgan fingerprint density at radius 2 is 2.12 bits per heavy atom. The molecule has 0 aliphatic carbocycles. The predicted octanol–water partition coefficient (Wildman–Crippen LogP) is 1.63. The van der Waals surface area contributed by atoms with Crippen molar-refractivity contribution in [1.82, 2.24) is 15.0 Å². The van der Waals surface area contributed by atoms with Gasteiger partial charge in [-0.05, 0) is 12.8 Å². The smallest absolute Gasteiger partial charge is 0.284 e. The first kappa shape index (κ1) is 13.1. The van der Waals surface area contributed by atoms with Crippen LogP contribution in [0.25, 0.3) is 0 Å². The Hall–Kier alpha value is -1.92. The number of aromatic amines is 1. The Morgan fingerprint density at radius 1 is 1.47 bits per heavy atom. The first-order chi connectivity index (χ1) is 8.17. The Balaban J connectivity index is 2.63. The van der Waals surface area contributed by atoms with Gasteiger partial charge in [0.25, 0.3) is 5.91 Å². The Labute approximate surface area is 100 Å². The SMILES string of the molecule is CCCN(CCC)N=Nc1cnc(C(N)=O)[nH]1. The number of imidazole rings is 1. The third-order valence-electron chi connectivity index (χ3n) is 2.04. The van der Waals surface area contributed by atoms with Gasteiger partial charge in [-0.25, -0.2) is 4.98 Å². The molecule has 1 amide bonds. The van der Waals surface area contributed by atoms with Gasteiger partial charge in [-0.1, -0.05) is 19.1 Å². The minimum absolute atomic E-state index is 0.0940. The summed E-state index contributed by atoms with van der Waals surface area (Å²) >= 11 is 0. The molecule has 1 rings (SSSR count). The third kappa shape index (κ3) is 4.21. The van der Waals surface area contributed by atoms with Gasteiger partial charge in [0, 0.05) is 13.1 Å². The van der Waals surface area contributed by atoms with Gasteiger partial charge in [-0.2, -0.15) is 0 Å². The first-order valence-electron chi connectivity index (χ1n) is 5.68. The lowest BCUT2D eigenvalue weighted by Gasteiger charge is -2.14. The molecule has 0 aromatic carbocycles. The zero-order chi connectivity index (χ0) is 12.7. The van der Waals surface area contributed by atoms with Gasteiger partial charge in [0.2, 0.25) is 0 Å². The maximum atomic E-state index is 10.8. The molecule has 0 atom stereocenters. The number of nitrogens with zero attached hydrogens (tertiary/aromatic N) is 4. The number of carbonyl (C=O) groups is 1. The van der Waals surface area contributed by atoms with Gasteiger partial charge in [0.15, 0.2) is 11.6 Å². The highest BCUT2D eigenvalue weighted by Gasteiger charge is 2.05. The molecule has 0 unspecified atom stereocenters. The molecule has 7 heteroatoms. The monoisotopic (exact) mass is 238 g/mol. The van der Waals surface area contributed by atoms with E-state index in [4.69, 9.17) is 5.73 Å². The second-order valence-electron chi connectivity index (χ2n) is 3.62. The summed E-state index contributed by atoms with van der Waals surface area (Å²) in [4.78, 5) is 17.3. The lowest BCUT2D eigenvalue weighted by Crippen LogP contribution is -2.18. The quantitative estimate of drug-likeness (QED) is 0.557. The molecular formula is C10H18N6O. The van der Waals surface area contributed by atoms with Crippen LogP contribution in [-0.4, -0.2) is 34.0 Å². The number of hydrogen-bond donors (Lipinski definition) is 2. The molecule has 3 N–H and O–H groups in total. The minimum Gasteiger partial charge on any atom is -0.363 e. The fourth-order valence-electron chi connectivity index (χ4n) is 1.32. The van der Waals surface area contributed by atoms with E-state index in [9.17, 15) is 4.79 Å². The van der Waals surface area contributed by atoms with Crippen molar-refractivity contribution < 1.29 is 4.79 Å². The van der Waals surface area contributed by atoms with Crippen LogP contribution in [0.4, 0.5) is 5.82 Å².